The molecule has 2 radical (unpaired) electrons. The number of rotatable bonds is 1. The van der Waals surface area contributed by atoms with E-state index in [1.165, 1.54) is 7.11 Å². The molecule has 0 fully saturated rings. The SMILES string of the molecule is CCC(=O)OC.O=[Si]. The maximum Gasteiger partial charge on any atom is 0.381 e. The van der Waals surface area contributed by atoms with Crippen molar-refractivity contribution in [2.24, 2.45) is 0 Å². The first-order valence-corrected chi connectivity index (χ1v) is 2.49. The molecular weight excluding hydrogens is 124 g/mol. The Labute approximate surface area is 51.5 Å². The number of hydrogen-bond donors (Lipinski definition) is 0. The van der Waals surface area contributed by atoms with E-state index in [1.54, 1.807) is 17.1 Å². The van der Waals surface area contributed by atoms with Crippen LogP contribution in [0.5, 0.6) is 0 Å². The summed E-state index contributed by atoms with van der Waals surface area (Å²) in [4.78, 5) is 9.96. The number of hydrogen-bond acceptors (Lipinski definition) is 3. The molecule has 0 aromatic heterocycles. The fraction of sp³-hybridized carbons (Fsp3) is 0.750. The van der Waals surface area contributed by atoms with E-state index in [9.17, 15) is 4.79 Å². The van der Waals surface area contributed by atoms with E-state index >= 15 is 0 Å². The van der Waals surface area contributed by atoms with Crippen LogP contribution >= 0.6 is 0 Å². The van der Waals surface area contributed by atoms with E-state index in [2.05, 4.69) is 4.74 Å². The number of esters is 1. The van der Waals surface area contributed by atoms with Crippen LogP contribution in [-0.4, -0.2) is 23.2 Å². The molecule has 0 aliphatic rings. The highest BCUT2D eigenvalue weighted by Gasteiger charge is 1.87. The van der Waals surface area contributed by atoms with Crippen molar-refractivity contribution in [2.75, 3.05) is 7.11 Å². The fourth-order valence-corrected chi connectivity index (χ4v) is 0.144. The van der Waals surface area contributed by atoms with E-state index in [0.29, 0.717) is 6.42 Å². The highest BCUT2D eigenvalue weighted by Crippen LogP contribution is 1.76. The molecule has 4 heteroatoms. The third-order valence-corrected chi connectivity index (χ3v) is 0.516. The van der Waals surface area contributed by atoms with Gasteiger partial charge in [-0.25, -0.2) is 0 Å². The Morgan fingerprint density at radius 3 is 2.00 bits per heavy atom. The summed E-state index contributed by atoms with van der Waals surface area (Å²) in [6.07, 6.45) is 0.469. The molecular formula is C4H8O3Si. The minimum absolute atomic E-state index is 0.157. The van der Waals surface area contributed by atoms with Crippen molar-refractivity contribution in [1.29, 1.82) is 0 Å². The second kappa shape index (κ2) is 9.70. The number of ether oxygens (including phenoxy) is 1. The van der Waals surface area contributed by atoms with Crippen molar-refractivity contribution >= 4 is 16.1 Å². The van der Waals surface area contributed by atoms with Crippen LogP contribution in [0.2, 0.25) is 0 Å². The van der Waals surface area contributed by atoms with E-state index in [-0.39, 0.29) is 5.97 Å². The van der Waals surface area contributed by atoms with Crippen LogP contribution in [0, 0.1) is 0 Å². The molecule has 0 aliphatic heterocycles. The van der Waals surface area contributed by atoms with Crippen LogP contribution in [0.25, 0.3) is 0 Å². The third-order valence-electron chi connectivity index (χ3n) is 0.516. The van der Waals surface area contributed by atoms with E-state index in [0.717, 1.165) is 0 Å². The summed E-state index contributed by atoms with van der Waals surface area (Å²) in [6, 6.07) is 0. The van der Waals surface area contributed by atoms with E-state index in [1.807, 2.05) is 0 Å². The van der Waals surface area contributed by atoms with Gasteiger partial charge in [-0.15, -0.1) is 0 Å². The molecule has 0 rings (SSSR count). The topological polar surface area (TPSA) is 43.4 Å². The van der Waals surface area contributed by atoms with Crippen LogP contribution in [0.15, 0.2) is 0 Å². The third kappa shape index (κ3) is 9.09. The lowest BCUT2D eigenvalue weighted by atomic mass is 10.5. The quantitative estimate of drug-likeness (QED) is 0.374. The number of carbonyl (C=O) groups excluding carboxylic acids is 1. The van der Waals surface area contributed by atoms with Crippen LogP contribution in [0.3, 0.4) is 0 Å². The van der Waals surface area contributed by atoms with Gasteiger partial charge in [-0.1, -0.05) is 6.92 Å². The Balaban J connectivity index is 0. The lowest BCUT2D eigenvalue weighted by molar-refractivity contribution is -0.140. The highest BCUT2D eigenvalue weighted by atomic mass is 28.1. The lowest BCUT2D eigenvalue weighted by Crippen LogP contribution is -1.94. The predicted molar refractivity (Wildman–Crippen MR) is 28.7 cm³/mol. The summed E-state index contributed by atoms with van der Waals surface area (Å²) in [5.74, 6) is -0.157. The summed E-state index contributed by atoms with van der Waals surface area (Å²) in [7, 11) is 3.10. The van der Waals surface area contributed by atoms with Gasteiger partial charge in [0.1, 0.15) is 0 Å². The normalized spacial score (nSPS) is 6.25. The minimum Gasteiger partial charge on any atom is -0.469 e. The van der Waals surface area contributed by atoms with Gasteiger partial charge in [-0.05, 0) is 0 Å². The van der Waals surface area contributed by atoms with Gasteiger partial charge in [0, 0.05) is 6.42 Å². The predicted octanol–water partition coefficient (Wildman–Crippen LogP) is 0.0698. The Kier molecular flexibility index (Phi) is 12.7. The second-order valence-corrected chi connectivity index (χ2v) is 0.930. The molecule has 0 aromatic rings. The smallest absolute Gasteiger partial charge is 0.381 e. The molecule has 0 unspecified atom stereocenters. The Hall–Kier alpha value is -0.513. The van der Waals surface area contributed by atoms with Crippen LogP contribution < -0.4 is 0 Å². The van der Waals surface area contributed by atoms with Gasteiger partial charge in [-0.2, -0.15) is 0 Å². The van der Waals surface area contributed by atoms with Gasteiger partial charge in [0.25, 0.3) is 0 Å². The monoisotopic (exact) mass is 132 g/mol. The first-order chi connectivity index (χ1) is 3.81. The zero-order valence-electron chi connectivity index (χ0n) is 4.93. The molecule has 0 saturated heterocycles. The molecule has 0 spiro atoms. The van der Waals surface area contributed by atoms with Crippen LogP contribution in [-0.2, 0) is 14.0 Å². The standard InChI is InChI=1S/C4H8O2.OSi/c1-3-4(5)6-2;1-2/h3H2,1-2H3;. The highest BCUT2D eigenvalue weighted by molar-refractivity contribution is 5.85. The van der Waals surface area contributed by atoms with Crippen molar-refractivity contribution in [3.63, 3.8) is 0 Å². The molecule has 0 bridgehead atoms. The molecule has 46 valence electrons. The molecule has 0 saturated carbocycles. The van der Waals surface area contributed by atoms with Gasteiger partial charge >= 0.3 is 16.1 Å². The Morgan fingerprint density at radius 2 is 2.00 bits per heavy atom. The van der Waals surface area contributed by atoms with Crippen molar-refractivity contribution in [3.8, 4) is 0 Å². The van der Waals surface area contributed by atoms with Gasteiger partial charge in [0.05, 0.1) is 7.11 Å². The first kappa shape index (κ1) is 10.5. The zero-order valence-corrected chi connectivity index (χ0v) is 5.93. The molecule has 0 aliphatic carbocycles. The molecule has 0 N–H and O–H groups in total. The second-order valence-electron chi connectivity index (χ2n) is 0.930. The Morgan fingerprint density at radius 1 is 1.62 bits per heavy atom. The van der Waals surface area contributed by atoms with Crippen LogP contribution in [0.4, 0.5) is 0 Å². The van der Waals surface area contributed by atoms with E-state index in [4.69, 9.17) is 4.46 Å². The molecule has 0 amide bonds. The Bertz CT molecular complexity index is 58.3. The van der Waals surface area contributed by atoms with Gasteiger partial charge in [0.15, 0.2) is 0 Å². The van der Waals surface area contributed by atoms with Gasteiger partial charge < -0.3 is 9.20 Å². The molecule has 0 atom stereocenters. The molecule has 3 nitrogen and oxygen atoms in total. The summed E-state index contributed by atoms with van der Waals surface area (Å²) in [5.41, 5.74) is 0. The van der Waals surface area contributed by atoms with Crippen molar-refractivity contribution in [1.82, 2.24) is 0 Å². The fourth-order valence-electron chi connectivity index (χ4n) is 0.144. The summed E-state index contributed by atoms with van der Waals surface area (Å²) >= 11 is 0. The molecule has 8 heavy (non-hydrogen) atoms. The van der Waals surface area contributed by atoms with Crippen molar-refractivity contribution < 1.29 is 14.0 Å². The lowest BCUT2D eigenvalue weighted by Gasteiger charge is -1.87. The van der Waals surface area contributed by atoms with Gasteiger partial charge in [0.2, 0.25) is 0 Å². The van der Waals surface area contributed by atoms with Crippen molar-refractivity contribution in [3.05, 3.63) is 0 Å². The van der Waals surface area contributed by atoms with Crippen LogP contribution in [0.1, 0.15) is 13.3 Å². The average molecular weight is 132 g/mol. The summed E-state index contributed by atoms with van der Waals surface area (Å²) in [5, 5.41) is 0. The minimum atomic E-state index is -0.157. The zero-order chi connectivity index (χ0) is 6.99. The summed E-state index contributed by atoms with van der Waals surface area (Å²) in [6.45, 7) is 1.76. The molecule has 0 aromatic carbocycles. The largest absolute Gasteiger partial charge is 0.469 e. The maximum absolute atomic E-state index is 9.96. The van der Waals surface area contributed by atoms with Crippen molar-refractivity contribution in [2.45, 2.75) is 13.3 Å². The first-order valence-electron chi connectivity index (χ1n) is 2.08. The summed E-state index contributed by atoms with van der Waals surface area (Å²) < 4.78 is 12.3. The van der Waals surface area contributed by atoms with E-state index < -0.39 is 0 Å². The average Bonchev–Trinajstić information content (AvgIpc) is 1.91. The van der Waals surface area contributed by atoms with Gasteiger partial charge in [-0.3, -0.25) is 4.79 Å². The molecule has 0 heterocycles. The maximum atomic E-state index is 9.96. The number of methoxy groups -OCH3 is 1. The number of carbonyl (C=O) groups is 1.